The van der Waals surface area contributed by atoms with E-state index in [0.717, 1.165) is 13.0 Å². The summed E-state index contributed by atoms with van der Waals surface area (Å²) in [5.74, 6) is 0.647. The molecule has 1 aliphatic rings. The van der Waals surface area contributed by atoms with Gasteiger partial charge in [-0.15, -0.1) is 0 Å². The van der Waals surface area contributed by atoms with E-state index in [2.05, 4.69) is 12.2 Å². The molecule has 10 heavy (non-hydrogen) atoms. The van der Waals surface area contributed by atoms with E-state index in [-0.39, 0.29) is 5.91 Å². The molecule has 2 heteroatoms. The van der Waals surface area contributed by atoms with E-state index in [4.69, 9.17) is 0 Å². The molecule has 0 radical (unpaired) electrons. The highest BCUT2D eigenvalue weighted by molar-refractivity contribution is 5.77. The maximum absolute atomic E-state index is 10.9. The first kappa shape index (κ1) is 7.32. The Morgan fingerprint density at radius 3 is 2.80 bits per heavy atom. The van der Waals surface area contributed by atoms with E-state index < -0.39 is 0 Å². The Morgan fingerprint density at radius 1 is 1.60 bits per heavy atom. The molecule has 0 bridgehead atoms. The highest BCUT2D eigenvalue weighted by atomic mass is 16.1. The Hall–Kier alpha value is -0.790. The second-order valence-corrected chi connectivity index (χ2v) is 2.60. The Labute approximate surface area is 61.3 Å². The lowest BCUT2D eigenvalue weighted by molar-refractivity contribution is -0.121. The van der Waals surface area contributed by atoms with Gasteiger partial charge in [0.05, 0.1) is 0 Å². The van der Waals surface area contributed by atoms with Crippen molar-refractivity contribution in [3.63, 3.8) is 0 Å². The van der Waals surface area contributed by atoms with Crippen molar-refractivity contribution in [2.75, 3.05) is 6.54 Å². The number of hydrogen-bond acceptors (Lipinski definition) is 1. The first-order chi connectivity index (χ1) is 4.83. The summed E-state index contributed by atoms with van der Waals surface area (Å²) in [4.78, 5) is 10.9. The quantitative estimate of drug-likeness (QED) is 0.580. The van der Waals surface area contributed by atoms with Gasteiger partial charge in [0.25, 0.3) is 0 Å². The minimum absolute atomic E-state index is 0.178. The van der Waals surface area contributed by atoms with Gasteiger partial charge in [0.15, 0.2) is 0 Å². The summed E-state index contributed by atoms with van der Waals surface area (Å²) in [6, 6.07) is 0. The number of carbonyl (C=O) groups is 1. The lowest BCUT2D eigenvalue weighted by atomic mass is 10.2. The van der Waals surface area contributed by atoms with Crippen molar-refractivity contribution in [3.05, 3.63) is 12.2 Å². The fraction of sp³-hybridized carbons (Fsp3) is 0.625. The average Bonchev–Trinajstić information content (AvgIpc) is 2.67. The molecule has 0 atom stereocenters. The minimum Gasteiger partial charge on any atom is -0.356 e. The molecule has 1 amide bonds. The number of hydrogen-bond donors (Lipinski definition) is 1. The van der Waals surface area contributed by atoms with Crippen LogP contribution in [0.2, 0.25) is 0 Å². The third-order valence-electron chi connectivity index (χ3n) is 1.46. The van der Waals surface area contributed by atoms with Crippen molar-refractivity contribution >= 4 is 5.91 Å². The van der Waals surface area contributed by atoms with Crippen LogP contribution in [0, 0.1) is 5.92 Å². The Morgan fingerprint density at radius 2 is 2.30 bits per heavy atom. The Balaban J connectivity index is 1.97. The van der Waals surface area contributed by atoms with Crippen molar-refractivity contribution in [2.45, 2.75) is 19.8 Å². The third kappa shape index (κ3) is 2.67. The van der Waals surface area contributed by atoms with Gasteiger partial charge in [-0.3, -0.25) is 4.79 Å². The summed E-state index contributed by atoms with van der Waals surface area (Å²) < 4.78 is 0. The van der Waals surface area contributed by atoms with Crippen LogP contribution < -0.4 is 5.32 Å². The SMILES string of the molecule is CCCNC(=O)CC1C=C1. The fourth-order valence-electron chi connectivity index (χ4n) is 0.765. The molecule has 0 aromatic rings. The maximum Gasteiger partial charge on any atom is 0.220 e. The number of rotatable bonds is 4. The molecule has 0 unspecified atom stereocenters. The lowest BCUT2D eigenvalue weighted by Crippen LogP contribution is -2.24. The van der Waals surface area contributed by atoms with E-state index in [0.29, 0.717) is 12.3 Å². The number of amides is 1. The van der Waals surface area contributed by atoms with E-state index in [9.17, 15) is 4.79 Å². The van der Waals surface area contributed by atoms with E-state index in [1.54, 1.807) is 0 Å². The molecule has 1 N–H and O–H groups in total. The topological polar surface area (TPSA) is 29.1 Å². The molecule has 0 aliphatic heterocycles. The summed E-state index contributed by atoms with van der Waals surface area (Å²) in [7, 11) is 0. The monoisotopic (exact) mass is 139 g/mol. The van der Waals surface area contributed by atoms with Crippen LogP contribution in [0.5, 0.6) is 0 Å². The Kier molecular flexibility index (Phi) is 2.49. The van der Waals surface area contributed by atoms with E-state index in [1.165, 1.54) is 0 Å². The summed E-state index contributed by atoms with van der Waals surface area (Å²) in [5.41, 5.74) is 0. The lowest BCUT2D eigenvalue weighted by Gasteiger charge is -2.00. The first-order valence-electron chi connectivity index (χ1n) is 3.78. The van der Waals surface area contributed by atoms with Crippen LogP contribution in [-0.2, 0) is 4.79 Å². The van der Waals surface area contributed by atoms with Crippen LogP contribution in [0.3, 0.4) is 0 Å². The van der Waals surface area contributed by atoms with Crippen LogP contribution in [0.4, 0.5) is 0 Å². The van der Waals surface area contributed by atoms with Gasteiger partial charge in [-0.25, -0.2) is 0 Å². The van der Waals surface area contributed by atoms with Gasteiger partial charge in [-0.1, -0.05) is 19.1 Å². The zero-order valence-corrected chi connectivity index (χ0v) is 6.26. The predicted molar refractivity (Wildman–Crippen MR) is 40.5 cm³/mol. The molecule has 0 saturated carbocycles. The van der Waals surface area contributed by atoms with Gasteiger partial charge in [-0.2, -0.15) is 0 Å². The van der Waals surface area contributed by atoms with Gasteiger partial charge in [0.2, 0.25) is 5.91 Å². The van der Waals surface area contributed by atoms with E-state index in [1.807, 2.05) is 12.2 Å². The van der Waals surface area contributed by atoms with Crippen LogP contribution in [0.25, 0.3) is 0 Å². The summed E-state index contributed by atoms with van der Waals surface area (Å²) in [6.07, 6.45) is 5.76. The minimum atomic E-state index is 0.178. The standard InChI is InChI=1S/C8H13NO/c1-2-5-9-8(10)6-7-3-4-7/h3-4,7H,2,5-6H2,1H3,(H,9,10). The molecular formula is C8H13NO. The van der Waals surface area contributed by atoms with Gasteiger partial charge in [-0.05, 0) is 6.42 Å². The molecular weight excluding hydrogens is 126 g/mol. The van der Waals surface area contributed by atoms with Crippen molar-refractivity contribution in [3.8, 4) is 0 Å². The highest BCUT2D eigenvalue weighted by Crippen LogP contribution is 2.19. The largest absolute Gasteiger partial charge is 0.356 e. The molecule has 0 fully saturated rings. The fourth-order valence-corrected chi connectivity index (χ4v) is 0.765. The number of allylic oxidation sites excluding steroid dienone is 2. The maximum atomic E-state index is 10.9. The smallest absolute Gasteiger partial charge is 0.220 e. The van der Waals surface area contributed by atoms with Crippen molar-refractivity contribution in [1.29, 1.82) is 0 Å². The van der Waals surface area contributed by atoms with E-state index >= 15 is 0 Å². The molecule has 1 rings (SSSR count). The zero-order chi connectivity index (χ0) is 7.40. The highest BCUT2D eigenvalue weighted by Gasteiger charge is 2.14. The number of carbonyl (C=O) groups excluding carboxylic acids is 1. The van der Waals surface area contributed by atoms with Gasteiger partial charge in [0.1, 0.15) is 0 Å². The van der Waals surface area contributed by atoms with Crippen LogP contribution in [0.1, 0.15) is 19.8 Å². The van der Waals surface area contributed by atoms with Crippen LogP contribution >= 0.6 is 0 Å². The third-order valence-corrected chi connectivity index (χ3v) is 1.46. The second kappa shape index (κ2) is 3.40. The van der Waals surface area contributed by atoms with Crippen molar-refractivity contribution in [1.82, 2.24) is 5.32 Å². The number of nitrogens with one attached hydrogen (secondary N) is 1. The molecule has 1 aliphatic carbocycles. The summed E-state index contributed by atoms with van der Waals surface area (Å²) >= 11 is 0. The van der Waals surface area contributed by atoms with Crippen LogP contribution in [0.15, 0.2) is 12.2 Å². The first-order valence-corrected chi connectivity index (χ1v) is 3.78. The van der Waals surface area contributed by atoms with Crippen molar-refractivity contribution < 1.29 is 4.79 Å². The predicted octanol–water partition coefficient (Wildman–Crippen LogP) is 1.09. The molecule has 0 aromatic carbocycles. The summed E-state index contributed by atoms with van der Waals surface area (Å²) in [6.45, 7) is 2.86. The zero-order valence-electron chi connectivity index (χ0n) is 6.26. The average molecular weight is 139 g/mol. The van der Waals surface area contributed by atoms with Crippen LogP contribution in [-0.4, -0.2) is 12.5 Å². The van der Waals surface area contributed by atoms with Gasteiger partial charge < -0.3 is 5.32 Å². The second-order valence-electron chi connectivity index (χ2n) is 2.60. The Bertz CT molecular complexity index is 145. The van der Waals surface area contributed by atoms with Crippen molar-refractivity contribution in [2.24, 2.45) is 5.92 Å². The molecule has 0 heterocycles. The molecule has 0 aromatic heterocycles. The normalized spacial score (nSPS) is 15.3. The molecule has 2 nitrogen and oxygen atoms in total. The van der Waals surface area contributed by atoms with Gasteiger partial charge >= 0.3 is 0 Å². The molecule has 0 spiro atoms. The van der Waals surface area contributed by atoms with Gasteiger partial charge in [0, 0.05) is 18.9 Å². The molecule has 56 valence electrons. The summed E-state index contributed by atoms with van der Waals surface area (Å²) in [5, 5.41) is 2.82. The molecule has 0 saturated heterocycles.